The van der Waals surface area contributed by atoms with Crippen LogP contribution in [-0.2, 0) is 4.79 Å². The van der Waals surface area contributed by atoms with E-state index in [4.69, 9.17) is 0 Å². The van der Waals surface area contributed by atoms with E-state index in [0.717, 1.165) is 12.8 Å². The zero-order valence-electron chi connectivity index (χ0n) is 12.9. The predicted octanol–water partition coefficient (Wildman–Crippen LogP) is 2.01. The summed E-state index contributed by atoms with van der Waals surface area (Å²) in [5.41, 5.74) is 2.44. The molecule has 2 aromatic rings. The third-order valence-electron chi connectivity index (χ3n) is 4.14. The van der Waals surface area contributed by atoms with E-state index in [1.165, 1.54) is 11.1 Å². The Hall–Kier alpha value is -2.13. The highest BCUT2D eigenvalue weighted by Crippen LogP contribution is 2.19. The lowest BCUT2D eigenvalue weighted by molar-refractivity contribution is -0.704. The van der Waals surface area contributed by atoms with Gasteiger partial charge in [-0.1, -0.05) is 60.7 Å². The van der Waals surface area contributed by atoms with Gasteiger partial charge in [0.15, 0.2) is 6.04 Å². The molecule has 1 saturated carbocycles. The van der Waals surface area contributed by atoms with Crippen molar-refractivity contribution in [2.24, 2.45) is 0 Å². The Labute approximate surface area is 131 Å². The Morgan fingerprint density at radius 3 is 1.95 bits per heavy atom. The molecule has 22 heavy (non-hydrogen) atoms. The normalized spacial score (nSPS) is 15.5. The smallest absolute Gasteiger partial charge is 0.278 e. The SMILES string of the molecule is C[C@H]([NH2+]C(c1ccccc1)c1ccccc1)C(=O)NC1CC1. The molecule has 0 unspecified atom stereocenters. The summed E-state index contributed by atoms with van der Waals surface area (Å²) in [5, 5.41) is 5.25. The minimum absolute atomic E-state index is 0.106. The molecular formula is C19H23N2O+. The molecule has 3 nitrogen and oxygen atoms in total. The number of carbonyl (C=O) groups excluding carboxylic acids is 1. The molecule has 1 amide bonds. The lowest BCUT2D eigenvalue weighted by Crippen LogP contribution is -2.92. The Bertz CT molecular complexity index is 568. The minimum atomic E-state index is -0.106. The maximum absolute atomic E-state index is 12.2. The summed E-state index contributed by atoms with van der Waals surface area (Å²) >= 11 is 0. The molecule has 0 bridgehead atoms. The van der Waals surface area contributed by atoms with Crippen LogP contribution in [0.2, 0.25) is 0 Å². The molecule has 3 rings (SSSR count). The van der Waals surface area contributed by atoms with E-state index < -0.39 is 0 Å². The number of carbonyl (C=O) groups is 1. The molecule has 3 N–H and O–H groups in total. The third kappa shape index (κ3) is 3.74. The van der Waals surface area contributed by atoms with Crippen LogP contribution in [0.5, 0.6) is 0 Å². The fourth-order valence-corrected chi connectivity index (χ4v) is 2.67. The highest BCUT2D eigenvalue weighted by atomic mass is 16.2. The zero-order valence-corrected chi connectivity index (χ0v) is 12.9. The largest absolute Gasteiger partial charge is 0.348 e. The Morgan fingerprint density at radius 1 is 1.00 bits per heavy atom. The Kier molecular flexibility index (Phi) is 4.54. The van der Waals surface area contributed by atoms with Crippen LogP contribution < -0.4 is 10.6 Å². The molecule has 0 aromatic heterocycles. The van der Waals surface area contributed by atoms with Crippen LogP contribution in [0.4, 0.5) is 0 Å². The highest BCUT2D eigenvalue weighted by molar-refractivity contribution is 5.80. The van der Waals surface area contributed by atoms with Gasteiger partial charge in [0.25, 0.3) is 5.91 Å². The van der Waals surface area contributed by atoms with Gasteiger partial charge >= 0.3 is 0 Å². The number of rotatable bonds is 6. The second-order valence-electron chi connectivity index (χ2n) is 6.06. The van der Waals surface area contributed by atoms with Gasteiger partial charge in [0.05, 0.1) is 0 Å². The van der Waals surface area contributed by atoms with Gasteiger partial charge in [0.2, 0.25) is 0 Å². The van der Waals surface area contributed by atoms with Gasteiger partial charge in [0.1, 0.15) is 6.04 Å². The first-order chi connectivity index (χ1) is 10.7. The van der Waals surface area contributed by atoms with E-state index in [0.29, 0.717) is 6.04 Å². The average molecular weight is 295 g/mol. The monoisotopic (exact) mass is 295 g/mol. The van der Waals surface area contributed by atoms with Crippen LogP contribution in [0.25, 0.3) is 0 Å². The van der Waals surface area contributed by atoms with Gasteiger partial charge in [0, 0.05) is 17.2 Å². The molecule has 2 aromatic carbocycles. The maximum atomic E-state index is 12.2. The van der Waals surface area contributed by atoms with Crippen molar-refractivity contribution in [2.45, 2.75) is 37.9 Å². The lowest BCUT2D eigenvalue weighted by atomic mass is 9.98. The Balaban J connectivity index is 1.78. The van der Waals surface area contributed by atoms with Gasteiger partial charge in [-0.15, -0.1) is 0 Å². The molecule has 0 heterocycles. The van der Waals surface area contributed by atoms with Crippen molar-refractivity contribution in [3.63, 3.8) is 0 Å². The van der Waals surface area contributed by atoms with Crippen molar-refractivity contribution in [1.29, 1.82) is 0 Å². The summed E-state index contributed by atoms with van der Waals surface area (Å²) in [4.78, 5) is 12.2. The standard InChI is InChI=1S/C19H22N2O/c1-14(19(22)21-17-12-13-17)20-18(15-8-4-2-5-9-15)16-10-6-3-7-11-16/h2-11,14,17-18,20H,12-13H2,1H3,(H,21,22)/p+1/t14-/m0/s1. The van der Waals surface area contributed by atoms with Crippen LogP contribution >= 0.6 is 0 Å². The summed E-state index contributed by atoms with van der Waals surface area (Å²) in [7, 11) is 0. The molecule has 114 valence electrons. The van der Waals surface area contributed by atoms with Gasteiger partial charge < -0.3 is 10.6 Å². The van der Waals surface area contributed by atoms with Crippen LogP contribution in [0.3, 0.4) is 0 Å². The highest BCUT2D eigenvalue weighted by Gasteiger charge is 2.29. The van der Waals surface area contributed by atoms with Crippen LogP contribution in [0, 0.1) is 0 Å². The molecule has 0 spiro atoms. The molecule has 1 aliphatic carbocycles. The zero-order chi connectivity index (χ0) is 15.4. The summed E-state index contributed by atoms with van der Waals surface area (Å²) < 4.78 is 0. The third-order valence-corrected chi connectivity index (χ3v) is 4.14. The second kappa shape index (κ2) is 6.75. The summed E-state index contributed by atoms with van der Waals surface area (Å²) in [5.74, 6) is 0.138. The number of hydrogen-bond acceptors (Lipinski definition) is 1. The molecule has 1 fully saturated rings. The fourth-order valence-electron chi connectivity index (χ4n) is 2.67. The van der Waals surface area contributed by atoms with Crippen molar-refractivity contribution in [1.82, 2.24) is 5.32 Å². The van der Waals surface area contributed by atoms with Crippen molar-refractivity contribution in [2.75, 3.05) is 0 Å². The first-order valence-corrected chi connectivity index (χ1v) is 7.99. The topological polar surface area (TPSA) is 45.7 Å². The van der Waals surface area contributed by atoms with Gasteiger partial charge in [-0.2, -0.15) is 0 Å². The first kappa shape index (κ1) is 14.8. The number of nitrogens with one attached hydrogen (secondary N) is 1. The van der Waals surface area contributed by atoms with Crippen molar-refractivity contribution < 1.29 is 10.1 Å². The van der Waals surface area contributed by atoms with E-state index >= 15 is 0 Å². The van der Waals surface area contributed by atoms with E-state index in [2.05, 4.69) is 34.9 Å². The second-order valence-corrected chi connectivity index (χ2v) is 6.06. The molecule has 0 saturated heterocycles. The first-order valence-electron chi connectivity index (χ1n) is 7.99. The average Bonchev–Trinajstić information content (AvgIpc) is 3.38. The van der Waals surface area contributed by atoms with Crippen molar-refractivity contribution >= 4 is 5.91 Å². The number of nitrogens with two attached hydrogens (primary N) is 1. The van der Waals surface area contributed by atoms with Gasteiger partial charge in [-0.25, -0.2) is 0 Å². The minimum Gasteiger partial charge on any atom is -0.348 e. The lowest BCUT2D eigenvalue weighted by Gasteiger charge is -2.20. The molecular weight excluding hydrogens is 272 g/mol. The Morgan fingerprint density at radius 2 is 1.50 bits per heavy atom. The van der Waals surface area contributed by atoms with Crippen LogP contribution in [-0.4, -0.2) is 18.0 Å². The van der Waals surface area contributed by atoms with Crippen LogP contribution in [0.15, 0.2) is 60.7 Å². The number of benzene rings is 2. The summed E-state index contributed by atoms with van der Waals surface area (Å²) in [6.07, 6.45) is 2.25. The predicted molar refractivity (Wildman–Crippen MR) is 87.3 cm³/mol. The van der Waals surface area contributed by atoms with Crippen molar-refractivity contribution in [3.8, 4) is 0 Å². The fraction of sp³-hybridized carbons (Fsp3) is 0.316. The molecule has 0 radical (unpaired) electrons. The number of hydrogen-bond donors (Lipinski definition) is 2. The number of amides is 1. The summed E-state index contributed by atoms with van der Waals surface area (Å²) in [6, 6.07) is 21.2. The van der Waals surface area contributed by atoms with E-state index in [9.17, 15) is 4.79 Å². The van der Waals surface area contributed by atoms with Crippen LogP contribution in [0.1, 0.15) is 36.9 Å². The molecule has 1 aliphatic rings. The van der Waals surface area contributed by atoms with E-state index in [1.807, 2.05) is 43.3 Å². The number of quaternary nitrogens is 1. The maximum Gasteiger partial charge on any atom is 0.278 e. The molecule has 0 aliphatic heterocycles. The summed E-state index contributed by atoms with van der Waals surface area (Å²) in [6.45, 7) is 1.98. The van der Waals surface area contributed by atoms with Gasteiger partial charge in [-0.05, 0) is 19.8 Å². The quantitative estimate of drug-likeness (QED) is 0.841. The molecule has 1 atom stereocenters. The van der Waals surface area contributed by atoms with Crippen molar-refractivity contribution in [3.05, 3.63) is 71.8 Å². The molecule has 3 heteroatoms. The van der Waals surface area contributed by atoms with E-state index in [-0.39, 0.29) is 18.0 Å². The van der Waals surface area contributed by atoms with E-state index in [1.54, 1.807) is 0 Å². The van der Waals surface area contributed by atoms with Gasteiger partial charge in [-0.3, -0.25) is 4.79 Å².